The van der Waals surface area contributed by atoms with Crippen LogP contribution in [0.15, 0.2) is 42.5 Å². The average molecular weight is 263 g/mol. The van der Waals surface area contributed by atoms with Crippen molar-refractivity contribution >= 4 is 16.7 Å². The predicted octanol–water partition coefficient (Wildman–Crippen LogP) is 3.42. The lowest BCUT2D eigenvalue weighted by Gasteiger charge is -2.22. The first-order valence-electron chi connectivity index (χ1n) is 7.11. The number of benzene rings is 2. The molecule has 100 valence electrons. The summed E-state index contributed by atoms with van der Waals surface area (Å²) >= 11 is 0. The summed E-state index contributed by atoms with van der Waals surface area (Å²) in [6.45, 7) is 0. The summed E-state index contributed by atoms with van der Waals surface area (Å²) in [5.74, 6) is 1.58. The van der Waals surface area contributed by atoms with Gasteiger partial charge in [0.2, 0.25) is 0 Å². The van der Waals surface area contributed by atoms with Gasteiger partial charge in [0.25, 0.3) is 0 Å². The molecule has 0 spiro atoms. The number of nitrogen functional groups attached to an aromatic ring is 1. The molecule has 4 rings (SSSR count). The summed E-state index contributed by atoms with van der Waals surface area (Å²) in [7, 11) is 0. The molecule has 1 heterocycles. The van der Waals surface area contributed by atoms with Crippen molar-refractivity contribution in [3.8, 4) is 0 Å². The molecular formula is C17H17N3. The van der Waals surface area contributed by atoms with E-state index < -0.39 is 0 Å². The van der Waals surface area contributed by atoms with Crippen LogP contribution in [0.4, 0.5) is 5.69 Å². The Morgan fingerprint density at radius 3 is 2.85 bits per heavy atom. The van der Waals surface area contributed by atoms with Crippen LogP contribution in [0.25, 0.3) is 11.0 Å². The third-order valence-electron chi connectivity index (χ3n) is 4.26. The zero-order valence-electron chi connectivity index (χ0n) is 11.3. The number of anilines is 1. The standard InChI is InChI=1S/C17H17N3/c18-14-7-8-15-16(10-14)20-17(19-15)13-6-5-11-3-1-2-4-12(11)9-13/h1-4,7-8,10,13H,5-6,9,18H2,(H,19,20). The van der Waals surface area contributed by atoms with Crippen LogP contribution in [0.5, 0.6) is 0 Å². The van der Waals surface area contributed by atoms with Crippen LogP contribution in [0.1, 0.15) is 29.3 Å². The van der Waals surface area contributed by atoms with Crippen molar-refractivity contribution in [2.75, 3.05) is 5.73 Å². The van der Waals surface area contributed by atoms with Crippen molar-refractivity contribution in [3.05, 3.63) is 59.4 Å². The molecule has 0 aliphatic heterocycles. The number of aromatic amines is 1. The smallest absolute Gasteiger partial charge is 0.110 e. The van der Waals surface area contributed by atoms with Crippen molar-refractivity contribution in [1.29, 1.82) is 0 Å². The summed E-state index contributed by atoms with van der Waals surface area (Å²) in [4.78, 5) is 8.19. The number of hydrogen-bond acceptors (Lipinski definition) is 2. The first-order chi connectivity index (χ1) is 9.79. The van der Waals surface area contributed by atoms with Crippen molar-refractivity contribution in [2.24, 2.45) is 0 Å². The van der Waals surface area contributed by atoms with Gasteiger partial charge in [0.1, 0.15) is 5.82 Å². The number of H-pyrrole nitrogens is 1. The van der Waals surface area contributed by atoms with E-state index in [1.165, 1.54) is 11.1 Å². The molecule has 3 N–H and O–H groups in total. The summed E-state index contributed by atoms with van der Waals surface area (Å²) in [5, 5.41) is 0. The molecule has 1 aliphatic carbocycles. The molecular weight excluding hydrogens is 246 g/mol. The lowest BCUT2D eigenvalue weighted by atomic mass is 9.83. The topological polar surface area (TPSA) is 54.7 Å². The Balaban J connectivity index is 1.70. The second-order valence-electron chi connectivity index (χ2n) is 5.61. The van der Waals surface area contributed by atoms with Gasteiger partial charge in [-0.2, -0.15) is 0 Å². The number of nitrogens with two attached hydrogens (primary N) is 1. The minimum Gasteiger partial charge on any atom is -0.399 e. The lowest BCUT2D eigenvalue weighted by molar-refractivity contribution is 0.561. The SMILES string of the molecule is Nc1ccc2nc(C3CCc4ccccc4C3)[nH]c2c1. The molecule has 3 heteroatoms. The molecule has 2 aromatic carbocycles. The van der Waals surface area contributed by atoms with Gasteiger partial charge in [-0.3, -0.25) is 0 Å². The minimum atomic E-state index is 0.485. The normalized spacial score (nSPS) is 18.1. The fourth-order valence-corrected chi connectivity index (χ4v) is 3.17. The van der Waals surface area contributed by atoms with E-state index >= 15 is 0 Å². The van der Waals surface area contributed by atoms with Gasteiger partial charge in [-0.15, -0.1) is 0 Å². The Bertz CT molecular complexity index is 773. The van der Waals surface area contributed by atoms with Crippen LogP contribution in [-0.4, -0.2) is 9.97 Å². The summed E-state index contributed by atoms with van der Waals surface area (Å²) in [6, 6.07) is 14.6. The van der Waals surface area contributed by atoms with Gasteiger partial charge in [0.15, 0.2) is 0 Å². The van der Waals surface area contributed by atoms with E-state index in [9.17, 15) is 0 Å². The molecule has 0 fully saturated rings. The maximum atomic E-state index is 5.83. The number of nitrogens with zero attached hydrogens (tertiary/aromatic N) is 1. The fraction of sp³-hybridized carbons (Fsp3) is 0.235. The molecule has 0 amide bonds. The molecule has 3 aromatic rings. The van der Waals surface area contributed by atoms with E-state index in [2.05, 4.69) is 29.2 Å². The van der Waals surface area contributed by atoms with Gasteiger partial charge in [0.05, 0.1) is 11.0 Å². The van der Waals surface area contributed by atoms with Crippen LogP contribution in [-0.2, 0) is 12.8 Å². The van der Waals surface area contributed by atoms with Crippen molar-refractivity contribution in [2.45, 2.75) is 25.2 Å². The number of aryl methyl sites for hydroxylation is 1. The van der Waals surface area contributed by atoms with E-state index in [-0.39, 0.29) is 0 Å². The maximum absolute atomic E-state index is 5.83. The highest BCUT2D eigenvalue weighted by atomic mass is 14.9. The van der Waals surface area contributed by atoms with E-state index in [0.29, 0.717) is 5.92 Å². The highest BCUT2D eigenvalue weighted by Crippen LogP contribution is 2.32. The molecule has 1 aromatic heterocycles. The second kappa shape index (κ2) is 4.37. The number of fused-ring (bicyclic) bond motifs is 2. The number of aromatic nitrogens is 2. The van der Waals surface area contributed by atoms with Crippen LogP contribution >= 0.6 is 0 Å². The van der Waals surface area contributed by atoms with Crippen LogP contribution in [0.2, 0.25) is 0 Å². The molecule has 1 aliphatic rings. The highest BCUT2D eigenvalue weighted by molar-refractivity contribution is 5.78. The van der Waals surface area contributed by atoms with Gasteiger partial charge < -0.3 is 10.7 Å². The predicted molar refractivity (Wildman–Crippen MR) is 81.7 cm³/mol. The number of rotatable bonds is 1. The highest BCUT2D eigenvalue weighted by Gasteiger charge is 2.22. The molecule has 3 nitrogen and oxygen atoms in total. The molecule has 1 unspecified atom stereocenters. The molecule has 0 saturated heterocycles. The monoisotopic (exact) mass is 263 g/mol. The maximum Gasteiger partial charge on any atom is 0.110 e. The Hall–Kier alpha value is -2.29. The van der Waals surface area contributed by atoms with Crippen LogP contribution in [0.3, 0.4) is 0 Å². The number of imidazole rings is 1. The van der Waals surface area contributed by atoms with Crippen molar-refractivity contribution in [3.63, 3.8) is 0 Å². The molecule has 0 saturated carbocycles. The Morgan fingerprint density at radius 2 is 1.95 bits per heavy atom. The number of nitrogens with one attached hydrogen (secondary N) is 1. The zero-order chi connectivity index (χ0) is 13.5. The van der Waals surface area contributed by atoms with Gasteiger partial charge in [-0.1, -0.05) is 24.3 Å². The van der Waals surface area contributed by atoms with Gasteiger partial charge in [-0.25, -0.2) is 4.98 Å². The minimum absolute atomic E-state index is 0.485. The summed E-state index contributed by atoms with van der Waals surface area (Å²) < 4.78 is 0. The van der Waals surface area contributed by atoms with Crippen LogP contribution in [0, 0.1) is 0 Å². The van der Waals surface area contributed by atoms with Gasteiger partial charge in [-0.05, 0) is 48.6 Å². The summed E-state index contributed by atoms with van der Waals surface area (Å²) in [6.07, 6.45) is 3.37. The Labute approximate surface area is 117 Å². The molecule has 0 bridgehead atoms. The largest absolute Gasteiger partial charge is 0.399 e. The average Bonchev–Trinajstić information content (AvgIpc) is 2.89. The number of hydrogen-bond donors (Lipinski definition) is 2. The summed E-state index contributed by atoms with van der Waals surface area (Å²) in [5.41, 5.74) is 11.6. The third-order valence-corrected chi connectivity index (χ3v) is 4.26. The van der Waals surface area contributed by atoms with Crippen molar-refractivity contribution in [1.82, 2.24) is 9.97 Å². The van der Waals surface area contributed by atoms with E-state index in [0.717, 1.165) is 41.8 Å². The molecule has 1 atom stereocenters. The lowest BCUT2D eigenvalue weighted by Crippen LogP contribution is -2.13. The first kappa shape index (κ1) is 11.5. The van der Waals surface area contributed by atoms with Crippen molar-refractivity contribution < 1.29 is 0 Å². The first-order valence-corrected chi connectivity index (χ1v) is 7.11. The van der Waals surface area contributed by atoms with E-state index in [4.69, 9.17) is 10.7 Å². The van der Waals surface area contributed by atoms with E-state index in [1.54, 1.807) is 0 Å². The fourth-order valence-electron chi connectivity index (χ4n) is 3.17. The van der Waals surface area contributed by atoms with Crippen LogP contribution < -0.4 is 5.73 Å². The molecule has 20 heavy (non-hydrogen) atoms. The van der Waals surface area contributed by atoms with E-state index in [1.807, 2.05) is 18.2 Å². The zero-order valence-corrected chi connectivity index (χ0v) is 11.3. The Kier molecular flexibility index (Phi) is 2.52. The molecule has 0 radical (unpaired) electrons. The van der Waals surface area contributed by atoms with Gasteiger partial charge in [0, 0.05) is 11.6 Å². The Morgan fingerprint density at radius 1 is 1.10 bits per heavy atom. The third kappa shape index (κ3) is 1.86. The quantitative estimate of drug-likeness (QED) is 0.661. The van der Waals surface area contributed by atoms with Gasteiger partial charge >= 0.3 is 0 Å². The second-order valence-corrected chi connectivity index (χ2v) is 5.61.